The summed E-state index contributed by atoms with van der Waals surface area (Å²) in [5.41, 5.74) is 1.94. The number of rotatable bonds is 8. The third-order valence-corrected chi connectivity index (χ3v) is 3.58. The molecule has 3 N–H and O–H groups in total. The second-order valence-corrected chi connectivity index (χ2v) is 5.83. The molecule has 0 aliphatic heterocycles. The number of nitrogens with zero attached hydrogens (tertiary/aromatic N) is 1. The first-order valence-electron chi connectivity index (χ1n) is 7.51. The fourth-order valence-corrected chi connectivity index (χ4v) is 2.19. The van der Waals surface area contributed by atoms with E-state index < -0.39 is 0 Å². The van der Waals surface area contributed by atoms with Gasteiger partial charge in [0.15, 0.2) is 5.96 Å². The van der Waals surface area contributed by atoms with E-state index in [1.54, 1.807) is 18.8 Å². The van der Waals surface area contributed by atoms with Crippen molar-refractivity contribution >= 4 is 53.3 Å². The van der Waals surface area contributed by atoms with Crippen molar-refractivity contribution in [1.29, 1.82) is 0 Å². The van der Waals surface area contributed by atoms with E-state index in [4.69, 9.17) is 0 Å². The number of hydrogen-bond acceptors (Lipinski definition) is 3. The molecular weight excluding hydrogens is 423 g/mol. The minimum atomic E-state index is 0. The molecule has 0 heterocycles. The Kier molecular flexibility index (Phi) is 12.9. The Bertz CT molecular complexity index is 497. The SMILES string of the molecule is CCCC(=O)Nc1cccc(CNC(=NC)NCCSC)c1.I. The topological polar surface area (TPSA) is 65.5 Å². The van der Waals surface area contributed by atoms with Crippen LogP contribution in [0.4, 0.5) is 5.69 Å². The van der Waals surface area contributed by atoms with Crippen LogP contribution < -0.4 is 16.0 Å². The van der Waals surface area contributed by atoms with Gasteiger partial charge in [-0.1, -0.05) is 19.1 Å². The molecule has 0 aromatic heterocycles. The van der Waals surface area contributed by atoms with Gasteiger partial charge in [-0.2, -0.15) is 11.8 Å². The molecule has 5 nitrogen and oxygen atoms in total. The van der Waals surface area contributed by atoms with E-state index in [0.29, 0.717) is 13.0 Å². The normalized spacial score (nSPS) is 10.7. The Morgan fingerprint density at radius 1 is 1.30 bits per heavy atom. The number of guanidine groups is 1. The Hall–Kier alpha value is -0.960. The quantitative estimate of drug-likeness (QED) is 0.247. The van der Waals surface area contributed by atoms with Crippen LogP contribution in [0, 0.1) is 0 Å². The third-order valence-electron chi connectivity index (χ3n) is 2.97. The molecule has 0 unspecified atom stereocenters. The van der Waals surface area contributed by atoms with Crippen LogP contribution in [-0.2, 0) is 11.3 Å². The number of carbonyl (C=O) groups is 1. The maximum atomic E-state index is 11.6. The number of hydrogen-bond donors (Lipinski definition) is 3. The van der Waals surface area contributed by atoms with Crippen molar-refractivity contribution in [2.75, 3.05) is 30.9 Å². The number of carbonyl (C=O) groups excluding carboxylic acids is 1. The molecule has 0 fully saturated rings. The zero-order valence-corrected chi connectivity index (χ0v) is 17.2. The lowest BCUT2D eigenvalue weighted by Gasteiger charge is -2.12. The van der Waals surface area contributed by atoms with Crippen LogP contribution in [0.15, 0.2) is 29.3 Å². The van der Waals surface area contributed by atoms with E-state index in [-0.39, 0.29) is 29.9 Å². The van der Waals surface area contributed by atoms with Gasteiger partial charge >= 0.3 is 0 Å². The van der Waals surface area contributed by atoms with Crippen LogP contribution in [0.25, 0.3) is 0 Å². The molecule has 0 saturated carbocycles. The monoisotopic (exact) mass is 450 g/mol. The smallest absolute Gasteiger partial charge is 0.224 e. The summed E-state index contributed by atoms with van der Waals surface area (Å²) in [5.74, 6) is 1.89. The molecule has 1 amide bonds. The average Bonchev–Trinajstić information content (AvgIpc) is 2.51. The van der Waals surface area contributed by atoms with E-state index in [2.05, 4.69) is 27.2 Å². The fraction of sp³-hybridized carbons (Fsp3) is 0.500. The van der Waals surface area contributed by atoms with Gasteiger partial charge in [0.2, 0.25) is 5.91 Å². The van der Waals surface area contributed by atoms with Gasteiger partial charge in [0.05, 0.1) is 0 Å². The van der Waals surface area contributed by atoms with E-state index in [0.717, 1.165) is 35.9 Å². The molecule has 0 spiro atoms. The number of benzene rings is 1. The molecule has 7 heteroatoms. The maximum absolute atomic E-state index is 11.6. The summed E-state index contributed by atoms with van der Waals surface area (Å²) in [7, 11) is 1.76. The zero-order valence-electron chi connectivity index (χ0n) is 14.0. The molecule has 1 aromatic rings. The molecule has 0 aliphatic carbocycles. The molecule has 0 saturated heterocycles. The van der Waals surface area contributed by atoms with Crippen LogP contribution in [0.5, 0.6) is 0 Å². The van der Waals surface area contributed by atoms with Gasteiger partial charge in [0.1, 0.15) is 0 Å². The van der Waals surface area contributed by atoms with Crippen molar-refractivity contribution in [3.63, 3.8) is 0 Å². The van der Waals surface area contributed by atoms with Crippen LogP contribution in [-0.4, -0.2) is 37.5 Å². The number of halogens is 1. The highest BCUT2D eigenvalue weighted by atomic mass is 127. The summed E-state index contributed by atoms with van der Waals surface area (Å²) in [6.07, 6.45) is 3.48. The van der Waals surface area contributed by atoms with E-state index in [1.165, 1.54) is 0 Å². The number of nitrogens with one attached hydrogen (secondary N) is 3. The van der Waals surface area contributed by atoms with Crippen LogP contribution in [0.3, 0.4) is 0 Å². The van der Waals surface area contributed by atoms with E-state index >= 15 is 0 Å². The molecule has 0 atom stereocenters. The van der Waals surface area contributed by atoms with Crippen molar-refractivity contribution in [2.45, 2.75) is 26.3 Å². The van der Waals surface area contributed by atoms with Gasteiger partial charge in [-0.15, -0.1) is 24.0 Å². The van der Waals surface area contributed by atoms with Crippen molar-refractivity contribution in [2.24, 2.45) is 4.99 Å². The van der Waals surface area contributed by atoms with Gasteiger partial charge in [-0.3, -0.25) is 9.79 Å². The Morgan fingerprint density at radius 3 is 2.74 bits per heavy atom. The Morgan fingerprint density at radius 2 is 2.09 bits per heavy atom. The molecule has 0 radical (unpaired) electrons. The summed E-state index contributed by atoms with van der Waals surface area (Å²) in [5, 5.41) is 9.43. The summed E-state index contributed by atoms with van der Waals surface area (Å²) in [4.78, 5) is 15.8. The second-order valence-electron chi connectivity index (χ2n) is 4.84. The first kappa shape index (κ1) is 22.0. The van der Waals surface area contributed by atoms with Gasteiger partial charge in [-0.25, -0.2) is 0 Å². The minimum Gasteiger partial charge on any atom is -0.356 e. The highest BCUT2D eigenvalue weighted by Crippen LogP contribution is 2.11. The van der Waals surface area contributed by atoms with Gasteiger partial charge in [0, 0.05) is 38.0 Å². The van der Waals surface area contributed by atoms with Gasteiger partial charge in [-0.05, 0) is 30.4 Å². The third kappa shape index (κ3) is 9.70. The lowest BCUT2D eigenvalue weighted by Crippen LogP contribution is -2.37. The zero-order chi connectivity index (χ0) is 16.2. The Balaban J connectivity index is 0.00000484. The first-order chi connectivity index (χ1) is 10.7. The van der Waals surface area contributed by atoms with Gasteiger partial charge < -0.3 is 16.0 Å². The van der Waals surface area contributed by atoms with Crippen molar-refractivity contribution in [3.8, 4) is 0 Å². The summed E-state index contributed by atoms with van der Waals surface area (Å²) < 4.78 is 0. The molecule has 23 heavy (non-hydrogen) atoms. The maximum Gasteiger partial charge on any atom is 0.224 e. The van der Waals surface area contributed by atoms with Crippen LogP contribution >= 0.6 is 35.7 Å². The predicted molar refractivity (Wildman–Crippen MR) is 112 cm³/mol. The number of aliphatic imine (C=N–C) groups is 1. The van der Waals surface area contributed by atoms with Crippen molar-refractivity contribution < 1.29 is 4.79 Å². The first-order valence-corrected chi connectivity index (χ1v) is 8.91. The minimum absolute atomic E-state index is 0. The highest BCUT2D eigenvalue weighted by molar-refractivity contribution is 14.0. The van der Waals surface area contributed by atoms with E-state index in [1.807, 2.05) is 31.2 Å². The lowest BCUT2D eigenvalue weighted by atomic mass is 10.2. The lowest BCUT2D eigenvalue weighted by molar-refractivity contribution is -0.116. The Labute approximate surface area is 160 Å². The highest BCUT2D eigenvalue weighted by Gasteiger charge is 2.02. The molecule has 1 rings (SSSR count). The van der Waals surface area contributed by atoms with E-state index in [9.17, 15) is 4.79 Å². The fourth-order valence-electron chi connectivity index (χ4n) is 1.89. The summed E-state index contributed by atoms with van der Waals surface area (Å²) >= 11 is 1.79. The number of thioether (sulfide) groups is 1. The van der Waals surface area contributed by atoms with Crippen molar-refractivity contribution in [1.82, 2.24) is 10.6 Å². The molecular formula is C16H27IN4OS. The van der Waals surface area contributed by atoms with Gasteiger partial charge in [0.25, 0.3) is 0 Å². The molecule has 0 aliphatic rings. The van der Waals surface area contributed by atoms with Crippen LogP contribution in [0.1, 0.15) is 25.3 Å². The van der Waals surface area contributed by atoms with Crippen LogP contribution in [0.2, 0.25) is 0 Å². The standard InChI is InChI=1S/C16H26N4OS.HI/c1-4-6-15(21)20-14-8-5-7-13(11-14)12-19-16(17-2)18-9-10-22-3;/h5,7-8,11H,4,6,9-10,12H2,1-3H3,(H,20,21)(H2,17,18,19);1H. The average molecular weight is 450 g/mol. The largest absolute Gasteiger partial charge is 0.356 e. The van der Waals surface area contributed by atoms with Crippen molar-refractivity contribution in [3.05, 3.63) is 29.8 Å². The summed E-state index contributed by atoms with van der Waals surface area (Å²) in [6.45, 7) is 3.54. The molecule has 0 bridgehead atoms. The molecule has 1 aromatic carbocycles. The molecule has 130 valence electrons. The number of anilines is 1. The predicted octanol–water partition coefficient (Wildman–Crippen LogP) is 3.07. The second kappa shape index (κ2) is 13.5. The summed E-state index contributed by atoms with van der Waals surface area (Å²) in [6, 6.07) is 7.86. The number of amides is 1.